The molecule has 3 N–H and O–H groups in total. The van der Waals surface area contributed by atoms with E-state index in [4.69, 9.17) is 37.0 Å². The molecular formula is C81H144O17P2. The van der Waals surface area contributed by atoms with E-state index in [9.17, 15) is 43.2 Å². The van der Waals surface area contributed by atoms with E-state index in [2.05, 4.69) is 113 Å². The minimum absolute atomic E-state index is 0.0776. The number of phosphoric ester groups is 2. The van der Waals surface area contributed by atoms with Crippen molar-refractivity contribution in [3.05, 3.63) is 85.1 Å². The van der Waals surface area contributed by atoms with E-state index in [-0.39, 0.29) is 25.7 Å². The second-order valence-corrected chi connectivity index (χ2v) is 29.5. The molecule has 5 unspecified atom stereocenters. The first kappa shape index (κ1) is 96.2. The number of carbonyl (C=O) groups excluding carboxylic acids is 4. The lowest BCUT2D eigenvalue weighted by Gasteiger charge is -2.21. The van der Waals surface area contributed by atoms with Crippen LogP contribution in [0, 0.1) is 0 Å². The van der Waals surface area contributed by atoms with Crippen molar-refractivity contribution >= 4 is 39.5 Å². The van der Waals surface area contributed by atoms with Crippen LogP contribution in [0.15, 0.2) is 85.1 Å². The standard InChI is InChI=1S/C81H144O17P2/c1-5-9-13-17-21-25-29-33-36-37-40-43-46-50-54-58-62-66-79(84)92-72-77(98-81(86)68-64-60-56-52-48-44-39-35-31-27-23-19-15-11-7-3)74-96-100(89,90)94-70-75(82)69-93-99(87,88)95-73-76(97-80(85)67-63-59-55-51-47-41-32-28-24-20-16-12-8-4)71-91-78(83)65-61-57-53-49-45-42-38-34-30-26-22-18-14-10-6-2/h9,13,21,23,25,27-28,32-36,38-39,75-77,82H,5-8,10-12,14-20,22,24,26,29-31,37,40-74H2,1-4H3,(H,87,88)(H,89,90)/b13-9-,25-21-,27-23-,32-28-,36-33-,38-34-,39-35-. The van der Waals surface area contributed by atoms with Crippen LogP contribution in [0.3, 0.4) is 0 Å². The topological polar surface area (TPSA) is 237 Å². The molecule has 0 bridgehead atoms. The smallest absolute Gasteiger partial charge is 0.462 e. The van der Waals surface area contributed by atoms with Gasteiger partial charge in [-0.25, -0.2) is 9.13 Å². The number of carbonyl (C=O) groups is 4. The monoisotopic (exact) mass is 1450 g/mol. The fraction of sp³-hybridized carbons (Fsp3) is 0.778. The molecule has 0 radical (unpaired) electrons. The van der Waals surface area contributed by atoms with Crippen LogP contribution in [0.1, 0.15) is 349 Å². The SMILES string of the molecule is CC/C=C\C/C=C\C/C=C\CCCCCCCCCC(=O)OCC(COP(=O)(O)OCC(O)COP(=O)(O)OCC(COC(=O)CCCCCCC/C=C\CCCCCCCC)OC(=O)CCCCCCC/C=C\CCCCCC)OC(=O)CCCCCCC/C=C\C/C=C\CCCCC. The summed E-state index contributed by atoms with van der Waals surface area (Å²) in [5.41, 5.74) is 0. The van der Waals surface area contributed by atoms with E-state index in [0.717, 1.165) is 186 Å². The fourth-order valence-corrected chi connectivity index (χ4v) is 12.3. The number of rotatable bonds is 75. The molecule has 0 aliphatic rings. The molecule has 0 aliphatic carbocycles. The highest BCUT2D eigenvalue weighted by atomic mass is 31.2. The minimum Gasteiger partial charge on any atom is -0.462 e. The molecule has 100 heavy (non-hydrogen) atoms. The summed E-state index contributed by atoms with van der Waals surface area (Å²) in [6, 6.07) is 0. The first-order valence-corrected chi connectivity index (χ1v) is 42.8. The second kappa shape index (κ2) is 73.5. The highest BCUT2D eigenvalue weighted by Gasteiger charge is 2.30. The van der Waals surface area contributed by atoms with Crippen LogP contribution in [0.5, 0.6) is 0 Å². The molecule has 0 aliphatic heterocycles. The van der Waals surface area contributed by atoms with E-state index in [1.807, 2.05) is 0 Å². The van der Waals surface area contributed by atoms with Crippen molar-refractivity contribution in [3.8, 4) is 0 Å². The van der Waals surface area contributed by atoms with Gasteiger partial charge in [-0.15, -0.1) is 0 Å². The summed E-state index contributed by atoms with van der Waals surface area (Å²) in [7, 11) is -9.96. The number of allylic oxidation sites excluding steroid dienone is 14. The lowest BCUT2D eigenvalue weighted by Crippen LogP contribution is -2.30. The van der Waals surface area contributed by atoms with Crippen LogP contribution in [0.2, 0.25) is 0 Å². The largest absolute Gasteiger partial charge is 0.472 e. The third kappa shape index (κ3) is 72.6. The number of unbranched alkanes of at least 4 members (excludes halogenated alkanes) is 35. The molecule has 580 valence electrons. The zero-order chi connectivity index (χ0) is 73.2. The van der Waals surface area contributed by atoms with E-state index in [0.29, 0.717) is 25.7 Å². The molecule has 19 heteroatoms. The molecule has 0 aromatic carbocycles. The minimum atomic E-state index is -4.98. The highest BCUT2D eigenvalue weighted by molar-refractivity contribution is 7.47. The molecular weight excluding hydrogens is 1310 g/mol. The quantitative estimate of drug-likeness (QED) is 0.0169. The fourth-order valence-electron chi connectivity index (χ4n) is 10.7. The molecule has 0 aromatic heterocycles. The van der Waals surface area contributed by atoms with Crippen LogP contribution in [-0.2, 0) is 65.4 Å². The predicted octanol–water partition coefficient (Wildman–Crippen LogP) is 23.0. The van der Waals surface area contributed by atoms with Gasteiger partial charge < -0.3 is 33.8 Å². The normalized spacial score (nSPS) is 14.3. The average Bonchev–Trinajstić information content (AvgIpc) is 1.06. The molecule has 0 spiro atoms. The number of hydrogen-bond donors (Lipinski definition) is 3. The van der Waals surface area contributed by atoms with Crippen LogP contribution in [-0.4, -0.2) is 96.7 Å². The Bertz CT molecular complexity index is 2230. The van der Waals surface area contributed by atoms with Crippen LogP contribution in [0.25, 0.3) is 0 Å². The molecule has 0 fully saturated rings. The first-order valence-electron chi connectivity index (χ1n) is 39.8. The van der Waals surface area contributed by atoms with E-state index >= 15 is 0 Å². The van der Waals surface area contributed by atoms with Gasteiger partial charge in [-0.05, 0) is 141 Å². The number of hydrogen-bond acceptors (Lipinski definition) is 15. The van der Waals surface area contributed by atoms with Gasteiger partial charge in [0.15, 0.2) is 12.2 Å². The summed E-state index contributed by atoms with van der Waals surface area (Å²) >= 11 is 0. The van der Waals surface area contributed by atoms with Gasteiger partial charge in [0.25, 0.3) is 0 Å². The zero-order valence-corrected chi connectivity index (χ0v) is 65.2. The average molecular weight is 1450 g/mol. The summed E-state index contributed by atoms with van der Waals surface area (Å²) in [6.45, 7) is 4.72. The van der Waals surface area contributed by atoms with Gasteiger partial charge in [-0.1, -0.05) is 267 Å². The third-order valence-electron chi connectivity index (χ3n) is 16.8. The van der Waals surface area contributed by atoms with Crippen LogP contribution < -0.4 is 0 Å². The lowest BCUT2D eigenvalue weighted by atomic mass is 10.1. The van der Waals surface area contributed by atoms with Gasteiger partial charge in [0.2, 0.25) is 0 Å². The number of aliphatic hydroxyl groups excluding tert-OH is 1. The Hall–Kier alpha value is -3.76. The summed E-state index contributed by atoms with van der Waals surface area (Å²) in [6.07, 6.45) is 75.6. The molecule has 0 saturated heterocycles. The van der Waals surface area contributed by atoms with E-state index in [1.54, 1.807) is 0 Å². The zero-order valence-electron chi connectivity index (χ0n) is 63.4. The van der Waals surface area contributed by atoms with Crippen LogP contribution in [0.4, 0.5) is 0 Å². The Morgan fingerprint density at radius 3 is 0.840 bits per heavy atom. The van der Waals surface area contributed by atoms with Crippen LogP contribution >= 0.6 is 15.6 Å². The number of esters is 4. The molecule has 17 nitrogen and oxygen atoms in total. The predicted molar refractivity (Wildman–Crippen MR) is 409 cm³/mol. The first-order chi connectivity index (χ1) is 48.7. The molecule has 0 heterocycles. The maximum atomic E-state index is 13.1. The van der Waals surface area contributed by atoms with Crippen molar-refractivity contribution < 1.29 is 80.2 Å². The van der Waals surface area contributed by atoms with Crippen molar-refractivity contribution in [1.82, 2.24) is 0 Å². The van der Waals surface area contributed by atoms with Crippen molar-refractivity contribution in [2.45, 2.75) is 367 Å². The summed E-state index contributed by atoms with van der Waals surface area (Å²) in [5, 5.41) is 10.6. The summed E-state index contributed by atoms with van der Waals surface area (Å²) in [4.78, 5) is 73.0. The van der Waals surface area contributed by atoms with Crippen molar-refractivity contribution in [3.63, 3.8) is 0 Å². The van der Waals surface area contributed by atoms with Gasteiger partial charge in [0.05, 0.1) is 26.4 Å². The Balaban J connectivity index is 5.35. The van der Waals surface area contributed by atoms with Gasteiger partial charge in [-0.3, -0.25) is 37.3 Å². The van der Waals surface area contributed by atoms with Crippen molar-refractivity contribution in [2.75, 3.05) is 39.6 Å². The second-order valence-electron chi connectivity index (χ2n) is 26.6. The highest BCUT2D eigenvalue weighted by Crippen LogP contribution is 2.45. The Morgan fingerprint density at radius 2 is 0.520 bits per heavy atom. The third-order valence-corrected chi connectivity index (χ3v) is 18.7. The Labute approximate surface area is 608 Å². The molecule has 0 amide bonds. The van der Waals surface area contributed by atoms with E-state index < -0.39 is 97.5 Å². The van der Waals surface area contributed by atoms with E-state index in [1.165, 1.54) is 83.5 Å². The number of aliphatic hydroxyl groups is 1. The Morgan fingerprint density at radius 1 is 0.290 bits per heavy atom. The number of ether oxygens (including phenoxy) is 4. The van der Waals surface area contributed by atoms with Gasteiger partial charge in [-0.2, -0.15) is 0 Å². The maximum Gasteiger partial charge on any atom is 0.472 e. The summed E-state index contributed by atoms with van der Waals surface area (Å²) < 4.78 is 68.6. The van der Waals surface area contributed by atoms with Gasteiger partial charge in [0.1, 0.15) is 19.3 Å². The summed E-state index contributed by atoms with van der Waals surface area (Å²) in [5.74, 6) is -2.20. The Kier molecular flexibility index (Phi) is 70.8. The lowest BCUT2D eigenvalue weighted by molar-refractivity contribution is -0.161. The van der Waals surface area contributed by atoms with Gasteiger partial charge >= 0.3 is 39.5 Å². The van der Waals surface area contributed by atoms with Gasteiger partial charge in [0, 0.05) is 25.7 Å². The van der Waals surface area contributed by atoms with Crippen molar-refractivity contribution in [2.24, 2.45) is 0 Å². The van der Waals surface area contributed by atoms with Crippen molar-refractivity contribution in [1.29, 1.82) is 0 Å². The molecule has 5 atom stereocenters. The molecule has 0 aromatic rings. The molecule has 0 rings (SSSR count). The molecule has 0 saturated carbocycles. The number of phosphoric acid groups is 2. The maximum absolute atomic E-state index is 13.1.